The van der Waals surface area contributed by atoms with Gasteiger partial charge in [0.1, 0.15) is 5.69 Å². The van der Waals surface area contributed by atoms with Crippen molar-refractivity contribution in [1.82, 2.24) is 9.97 Å². The first kappa shape index (κ1) is 27.0. The molecule has 0 saturated heterocycles. The van der Waals surface area contributed by atoms with Crippen molar-refractivity contribution in [3.8, 4) is 0 Å². The van der Waals surface area contributed by atoms with Crippen molar-refractivity contribution in [2.75, 3.05) is 11.9 Å². The van der Waals surface area contributed by atoms with E-state index in [9.17, 15) is 33.6 Å². The SMILES string of the molecule is CCOC(=O)[C@H](C(=O)C(=O)Nc1ccc(C(C)=O)cc1)c1nc2ccc3c(c2[nH]c1=O)C(=O)c1ccccc1C3=O. The molecule has 1 aliphatic rings. The molecule has 1 aliphatic carbocycles. The fourth-order valence-electron chi connectivity index (χ4n) is 4.63. The second-order valence-corrected chi connectivity index (χ2v) is 9.17. The third-order valence-corrected chi connectivity index (χ3v) is 6.61. The van der Waals surface area contributed by atoms with E-state index < -0.39 is 46.4 Å². The maximum absolute atomic E-state index is 13.3. The Morgan fingerprint density at radius 1 is 0.878 bits per heavy atom. The van der Waals surface area contributed by atoms with Crippen LogP contribution in [0.2, 0.25) is 0 Å². The number of benzene rings is 3. The standard InChI is InChI=1S/C30H21N3O8/c1-3-41-30(40)22(27(37)29(39)31-16-10-8-15(9-11-16)14(2)34)24-28(38)33-23-20(32-24)13-12-19-21(23)26(36)18-7-5-4-6-17(18)25(19)35/h4-13,22H,3H2,1-2H3,(H,31,39)(H,33,38)/t22-/m0/s1. The average molecular weight is 552 g/mol. The van der Waals surface area contributed by atoms with E-state index >= 15 is 0 Å². The number of aromatic amines is 1. The zero-order chi connectivity index (χ0) is 29.4. The van der Waals surface area contributed by atoms with Crippen molar-refractivity contribution < 1.29 is 33.5 Å². The number of anilines is 1. The molecular formula is C30H21N3O8. The third-order valence-electron chi connectivity index (χ3n) is 6.61. The molecule has 3 aromatic carbocycles. The predicted octanol–water partition coefficient (Wildman–Crippen LogP) is 2.76. The van der Waals surface area contributed by atoms with Crippen LogP contribution in [0.1, 0.15) is 67.7 Å². The molecule has 1 aromatic heterocycles. The molecule has 0 radical (unpaired) electrons. The lowest BCUT2D eigenvalue weighted by Crippen LogP contribution is -2.37. The smallest absolute Gasteiger partial charge is 0.323 e. The Labute approximate surface area is 231 Å². The van der Waals surface area contributed by atoms with Crippen LogP contribution in [0.4, 0.5) is 5.69 Å². The maximum Gasteiger partial charge on any atom is 0.323 e. The van der Waals surface area contributed by atoms with Crippen LogP contribution in [0.5, 0.6) is 0 Å². The number of nitrogens with zero attached hydrogens (tertiary/aromatic N) is 1. The zero-order valence-electron chi connectivity index (χ0n) is 21.8. The van der Waals surface area contributed by atoms with Crippen LogP contribution in [0.25, 0.3) is 11.0 Å². The molecule has 41 heavy (non-hydrogen) atoms. The number of aromatic nitrogens is 2. The number of hydrogen-bond acceptors (Lipinski definition) is 9. The van der Waals surface area contributed by atoms with Crippen LogP contribution in [0.15, 0.2) is 65.5 Å². The summed E-state index contributed by atoms with van der Waals surface area (Å²) in [7, 11) is 0. The molecule has 1 amide bonds. The Morgan fingerprint density at radius 2 is 1.54 bits per heavy atom. The van der Waals surface area contributed by atoms with E-state index in [1.165, 1.54) is 62.4 Å². The van der Waals surface area contributed by atoms with Gasteiger partial charge < -0.3 is 15.0 Å². The Hall–Kier alpha value is -5.58. The fourth-order valence-corrected chi connectivity index (χ4v) is 4.63. The highest BCUT2D eigenvalue weighted by molar-refractivity contribution is 6.45. The molecule has 1 heterocycles. The average Bonchev–Trinajstić information content (AvgIpc) is 2.96. The van der Waals surface area contributed by atoms with Crippen molar-refractivity contribution in [2.45, 2.75) is 19.8 Å². The first-order valence-corrected chi connectivity index (χ1v) is 12.5. The van der Waals surface area contributed by atoms with Crippen LogP contribution in [-0.2, 0) is 19.1 Å². The molecule has 2 N–H and O–H groups in total. The lowest BCUT2D eigenvalue weighted by Gasteiger charge is -2.19. The first-order valence-electron chi connectivity index (χ1n) is 12.5. The summed E-state index contributed by atoms with van der Waals surface area (Å²) in [4.78, 5) is 96.8. The van der Waals surface area contributed by atoms with E-state index in [0.717, 1.165) is 0 Å². The van der Waals surface area contributed by atoms with Gasteiger partial charge in [-0.05, 0) is 50.2 Å². The minimum Gasteiger partial charge on any atom is -0.465 e. The molecule has 1 atom stereocenters. The van der Waals surface area contributed by atoms with E-state index in [1.807, 2.05) is 0 Å². The molecule has 0 aliphatic heterocycles. The highest BCUT2D eigenvalue weighted by atomic mass is 16.5. The Bertz CT molecular complexity index is 1870. The summed E-state index contributed by atoms with van der Waals surface area (Å²) >= 11 is 0. The van der Waals surface area contributed by atoms with Crippen LogP contribution in [0, 0.1) is 0 Å². The van der Waals surface area contributed by atoms with Gasteiger partial charge in [-0.2, -0.15) is 0 Å². The molecule has 11 heteroatoms. The lowest BCUT2D eigenvalue weighted by atomic mass is 9.83. The number of fused-ring (bicyclic) bond motifs is 4. The van der Waals surface area contributed by atoms with E-state index in [4.69, 9.17) is 4.74 Å². The number of amides is 1. The summed E-state index contributed by atoms with van der Waals surface area (Å²) < 4.78 is 4.98. The second kappa shape index (κ2) is 10.5. The number of Topliss-reactive ketones (excluding diaryl/α,β-unsaturated/α-hetero) is 2. The van der Waals surface area contributed by atoms with Gasteiger partial charge >= 0.3 is 5.97 Å². The Balaban J connectivity index is 1.56. The molecule has 0 bridgehead atoms. The van der Waals surface area contributed by atoms with Crippen molar-refractivity contribution >= 4 is 51.7 Å². The van der Waals surface area contributed by atoms with Gasteiger partial charge in [-0.15, -0.1) is 0 Å². The number of carbonyl (C=O) groups excluding carboxylic acids is 6. The summed E-state index contributed by atoms with van der Waals surface area (Å²) in [5, 5.41) is 2.34. The van der Waals surface area contributed by atoms with Gasteiger partial charge in [0.25, 0.3) is 11.5 Å². The molecule has 11 nitrogen and oxygen atoms in total. The lowest BCUT2D eigenvalue weighted by molar-refractivity contribution is -0.150. The molecule has 4 aromatic rings. The first-order chi connectivity index (χ1) is 19.6. The molecular weight excluding hydrogens is 530 g/mol. The summed E-state index contributed by atoms with van der Waals surface area (Å²) in [5.41, 5.74) is -0.708. The van der Waals surface area contributed by atoms with Crippen LogP contribution < -0.4 is 10.9 Å². The third kappa shape index (κ3) is 4.73. The quantitative estimate of drug-likeness (QED) is 0.134. The topological polar surface area (TPSA) is 169 Å². The van der Waals surface area contributed by atoms with Gasteiger partial charge in [-0.25, -0.2) is 4.98 Å². The fraction of sp³-hybridized carbons (Fsp3) is 0.133. The van der Waals surface area contributed by atoms with E-state index in [1.54, 1.807) is 12.1 Å². The number of H-pyrrole nitrogens is 1. The number of ether oxygens (including phenoxy) is 1. The predicted molar refractivity (Wildman–Crippen MR) is 145 cm³/mol. The van der Waals surface area contributed by atoms with Crippen LogP contribution in [-0.4, -0.2) is 51.6 Å². The highest BCUT2D eigenvalue weighted by Crippen LogP contribution is 2.31. The van der Waals surface area contributed by atoms with E-state index in [-0.39, 0.29) is 51.4 Å². The van der Waals surface area contributed by atoms with Crippen LogP contribution >= 0.6 is 0 Å². The van der Waals surface area contributed by atoms with Crippen molar-refractivity contribution in [2.24, 2.45) is 0 Å². The zero-order valence-corrected chi connectivity index (χ0v) is 21.8. The molecule has 0 fully saturated rings. The van der Waals surface area contributed by atoms with Gasteiger partial charge in [0.2, 0.25) is 5.78 Å². The summed E-state index contributed by atoms with van der Waals surface area (Å²) in [6.07, 6.45) is 0. The minimum atomic E-state index is -2.02. The molecule has 0 unspecified atom stereocenters. The monoisotopic (exact) mass is 551 g/mol. The number of carbonyl (C=O) groups is 6. The Morgan fingerprint density at radius 3 is 2.17 bits per heavy atom. The van der Waals surface area contributed by atoms with E-state index in [0.29, 0.717) is 5.56 Å². The highest BCUT2D eigenvalue weighted by Gasteiger charge is 2.39. The molecule has 0 spiro atoms. The second-order valence-electron chi connectivity index (χ2n) is 9.17. The number of esters is 1. The summed E-state index contributed by atoms with van der Waals surface area (Å²) in [6.45, 7) is 2.71. The Kier molecular flexibility index (Phi) is 6.94. The van der Waals surface area contributed by atoms with Crippen molar-refractivity contribution in [3.63, 3.8) is 0 Å². The number of hydrogen-bond donors (Lipinski definition) is 2. The van der Waals surface area contributed by atoms with Crippen molar-refractivity contribution in [3.05, 3.63) is 105 Å². The normalized spacial score (nSPS) is 12.7. The molecule has 204 valence electrons. The van der Waals surface area contributed by atoms with Crippen molar-refractivity contribution in [1.29, 1.82) is 0 Å². The minimum absolute atomic E-state index is 0.0150. The summed E-state index contributed by atoms with van der Waals surface area (Å²) in [5.74, 6) is -6.82. The van der Waals surface area contributed by atoms with Gasteiger partial charge in [-0.3, -0.25) is 33.6 Å². The van der Waals surface area contributed by atoms with Gasteiger partial charge in [0, 0.05) is 27.9 Å². The van der Waals surface area contributed by atoms with Crippen LogP contribution in [0.3, 0.4) is 0 Å². The summed E-state index contributed by atoms with van der Waals surface area (Å²) in [6, 6.07) is 14.7. The molecule has 0 saturated carbocycles. The van der Waals surface area contributed by atoms with E-state index in [2.05, 4.69) is 15.3 Å². The molecule has 5 rings (SSSR count). The number of nitrogens with one attached hydrogen (secondary N) is 2. The maximum atomic E-state index is 13.3. The number of rotatable bonds is 7. The van der Waals surface area contributed by atoms with Gasteiger partial charge in [-0.1, -0.05) is 24.3 Å². The van der Waals surface area contributed by atoms with Gasteiger partial charge in [0.15, 0.2) is 23.3 Å². The number of ketones is 4. The van der Waals surface area contributed by atoms with Gasteiger partial charge in [0.05, 0.1) is 23.2 Å². The largest absolute Gasteiger partial charge is 0.465 e.